The summed E-state index contributed by atoms with van der Waals surface area (Å²) in [7, 11) is 3.87. The zero-order valence-electron chi connectivity index (χ0n) is 44.8. The molecule has 3 saturated heterocycles. The Morgan fingerprint density at radius 2 is 1.85 bits per heavy atom. The van der Waals surface area contributed by atoms with Crippen molar-refractivity contribution in [1.29, 1.82) is 0 Å². The van der Waals surface area contributed by atoms with Crippen LogP contribution in [-0.4, -0.2) is 151 Å². The number of likely N-dealkylation sites (N-methyl/N-ethyl adjacent to an activating group) is 1. The van der Waals surface area contributed by atoms with Gasteiger partial charge in [0.25, 0.3) is 11.8 Å². The number of aryl methyl sites for hydroxylation is 1. The highest BCUT2D eigenvalue weighted by atomic mass is 32.1. The van der Waals surface area contributed by atoms with E-state index in [0.29, 0.717) is 61.3 Å². The minimum Gasteiger partial charge on any atom is -0.464 e. The summed E-state index contributed by atoms with van der Waals surface area (Å²) in [5, 5.41) is 7.61. The number of benzene rings is 1. The first-order chi connectivity index (χ1) is 35.3. The van der Waals surface area contributed by atoms with Gasteiger partial charge in [0.1, 0.15) is 23.1 Å². The zero-order chi connectivity index (χ0) is 52.7. The molecule has 4 amide bonds. The number of rotatable bonds is 10. The third kappa shape index (κ3) is 10.8. The summed E-state index contributed by atoms with van der Waals surface area (Å²) in [5.74, 6) is 4.28. The van der Waals surface area contributed by atoms with Crippen LogP contribution >= 0.6 is 11.3 Å². The number of nitrogens with one attached hydrogen (secondary N) is 2. The largest absolute Gasteiger partial charge is 0.464 e. The highest BCUT2D eigenvalue weighted by Crippen LogP contribution is 2.43. The molecule has 396 valence electrons. The number of hydrogen-bond donors (Lipinski definition) is 2. The van der Waals surface area contributed by atoms with Gasteiger partial charge < -0.3 is 29.2 Å². The van der Waals surface area contributed by atoms with Gasteiger partial charge in [0.15, 0.2) is 0 Å². The van der Waals surface area contributed by atoms with Gasteiger partial charge in [-0.2, -0.15) is 0 Å². The molecule has 2 N–H and O–H groups in total. The SMILES string of the molecule is CCn1c(-c2cccnc2[C@H](C)OC)c2c3cc(ccc31)-c1nc(cs1)C[C@H](NC(=O)[C@H](C1CCCC1)N(C)C(=O)C1([SiH3])CCN(C(=O)C#CC(C)(C)N3CCC3)C1)C(=O)N1CCC[C@H](N1)C(=O)OCC(C)(C)C2. The van der Waals surface area contributed by atoms with Crippen LogP contribution in [0.25, 0.3) is 32.7 Å². The van der Waals surface area contributed by atoms with E-state index in [2.05, 4.69) is 77.1 Å². The first-order valence-corrected chi connectivity index (χ1v) is 28.7. The maximum Gasteiger partial charge on any atom is 0.324 e. The summed E-state index contributed by atoms with van der Waals surface area (Å²) in [6.45, 7) is 16.2. The lowest BCUT2D eigenvalue weighted by atomic mass is 9.84. The number of nitrogens with zero attached hydrogens (tertiary/aromatic N) is 7. The Hall–Kier alpha value is -5.45. The molecule has 4 aliphatic heterocycles. The standard InChI is InChI=1S/C56H75N9O7SSi/c1-9-64-44-20-19-37-29-40(44)41(48(64)39-17-12-24-57-46(39)35(2)71-8)31-54(3,4)34-72-52(69)42-18-13-27-65(60-42)51(68)43(30-38-32-73-50(37)58-38)59-49(67)47(36-15-10-11-16-36)61(7)53(70)56(74)23-28-62(33-56)45(66)21-22-55(5,6)63-25-14-26-63/h12,17,19-20,24,29,32,35-36,42-43,47,60H,9-11,13-16,18,23,25-28,30-31,33-34H2,1-8,74H3,(H,59,67)/t35-,42-,43-,47-,56?/m0/s1. The van der Waals surface area contributed by atoms with Crippen LogP contribution < -0.4 is 10.7 Å². The number of esters is 1. The van der Waals surface area contributed by atoms with Crippen molar-refractivity contribution in [3.8, 4) is 33.7 Å². The van der Waals surface area contributed by atoms with E-state index in [1.54, 1.807) is 30.2 Å². The molecule has 0 radical (unpaired) electrons. The van der Waals surface area contributed by atoms with Gasteiger partial charge >= 0.3 is 5.97 Å². The number of carbonyl (C=O) groups is 5. The van der Waals surface area contributed by atoms with Gasteiger partial charge in [0.05, 0.1) is 40.4 Å². The number of ether oxygens (including phenoxy) is 2. The topological polar surface area (TPSA) is 172 Å². The molecule has 6 bridgehead atoms. The molecule has 1 aliphatic carbocycles. The van der Waals surface area contributed by atoms with Crippen LogP contribution in [0.1, 0.15) is 116 Å². The number of cyclic esters (lactones) is 1. The number of fused-ring (bicyclic) bond motifs is 6. The van der Waals surface area contributed by atoms with Gasteiger partial charge in [-0.05, 0) is 120 Å². The van der Waals surface area contributed by atoms with Crippen molar-refractivity contribution < 1.29 is 33.4 Å². The van der Waals surface area contributed by atoms with Crippen molar-refractivity contribution in [3.05, 3.63) is 58.9 Å². The van der Waals surface area contributed by atoms with Crippen molar-refractivity contribution >= 4 is 62.1 Å². The third-order valence-corrected chi connectivity index (χ3v) is 18.6. The monoisotopic (exact) mass is 1050 g/mol. The molecule has 9 rings (SSSR count). The lowest BCUT2D eigenvalue weighted by Crippen LogP contribution is -2.62. The minimum atomic E-state index is -1.08. The van der Waals surface area contributed by atoms with Crippen LogP contribution in [0, 0.1) is 23.2 Å². The van der Waals surface area contributed by atoms with Gasteiger partial charge in [-0.15, -0.1) is 11.3 Å². The maximum atomic E-state index is 15.1. The third-order valence-electron chi connectivity index (χ3n) is 16.4. The number of amides is 4. The Balaban J connectivity index is 1.03. The summed E-state index contributed by atoms with van der Waals surface area (Å²) in [5.41, 5.74) is 8.85. The van der Waals surface area contributed by atoms with Crippen molar-refractivity contribution in [2.45, 2.75) is 147 Å². The molecule has 1 unspecified atom stereocenters. The molecular formula is C56H75N9O7SSi. The summed E-state index contributed by atoms with van der Waals surface area (Å²) < 4.78 is 14.3. The Kier molecular flexibility index (Phi) is 15.6. The number of thiazole rings is 1. The Morgan fingerprint density at radius 1 is 1.08 bits per heavy atom. The molecule has 16 nitrogen and oxygen atoms in total. The maximum absolute atomic E-state index is 15.1. The Morgan fingerprint density at radius 3 is 2.57 bits per heavy atom. The average molecular weight is 1050 g/mol. The van der Waals surface area contributed by atoms with Crippen molar-refractivity contribution in [2.24, 2.45) is 11.3 Å². The van der Waals surface area contributed by atoms with E-state index >= 15 is 4.79 Å². The number of likely N-dealkylation sites (tertiary alicyclic amines) is 2. The van der Waals surface area contributed by atoms with Crippen molar-refractivity contribution in [2.75, 3.05) is 53.5 Å². The van der Waals surface area contributed by atoms with Gasteiger partial charge in [-0.25, -0.2) is 10.4 Å². The summed E-state index contributed by atoms with van der Waals surface area (Å²) in [6.07, 6.45) is 8.25. The lowest BCUT2D eigenvalue weighted by Gasteiger charge is -2.41. The van der Waals surface area contributed by atoms with E-state index in [1.807, 2.05) is 32.2 Å². The first kappa shape index (κ1) is 53.4. The molecule has 7 heterocycles. The Labute approximate surface area is 443 Å². The second kappa shape index (κ2) is 21.6. The summed E-state index contributed by atoms with van der Waals surface area (Å²) in [4.78, 5) is 87.9. The number of hydrazine groups is 1. The van der Waals surface area contributed by atoms with Crippen LogP contribution in [0.15, 0.2) is 41.9 Å². The molecule has 1 saturated carbocycles. The number of methoxy groups -OCH3 is 1. The molecule has 4 fully saturated rings. The number of aromatic nitrogens is 3. The fraction of sp³-hybridized carbons (Fsp3) is 0.589. The van der Waals surface area contributed by atoms with Gasteiger partial charge in [0.2, 0.25) is 11.8 Å². The smallest absolute Gasteiger partial charge is 0.324 e. The molecule has 5 aliphatic rings. The Bertz CT molecular complexity index is 2860. The van der Waals surface area contributed by atoms with Crippen molar-refractivity contribution in [1.82, 2.24) is 45.0 Å². The van der Waals surface area contributed by atoms with E-state index < -0.39 is 51.9 Å². The van der Waals surface area contributed by atoms with Gasteiger partial charge in [-0.3, -0.25) is 38.9 Å². The lowest BCUT2D eigenvalue weighted by molar-refractivity contribution is -0.155. The molecule has 5 atom stereocenters. The van der Waals surface area contributed by atoms with Gasteiger partial charge in [0, 0.05) is 109 Å². The second-order valence-electron chi connectivity index (χ2n) is 22.9. The predicted octanol–water partition coefficient (Wildman–Crippen LogP) is 5.46. The van der Waals surface area contributed by atoms with Crippen LogP contribution in [0.3, 0.4) is 0 Å². The second-order valence-corrected chi connectivity index (χ2v) is 25.7. The fourth-order valence-corrected chi connectivity index (χ4v) is 13.7. The van der Waals surface area contributed by atoms with Crippen LogP contribution in [0.4, 0.5) is 0 Å². The molecule has 3 aromatic heterocycles. The number of carbonyl (C=O) groups excluding carboxylic acids is 5. The number of hydrogen-bond acceptors (Lipinski definition) is 12. The molecule has 18 heteroatoms. The first-order valence-electron chi connectivity index (χ1n) is 26.8. The fourth-order valence-electron chi connectivity index (χ4n) is 11.9. The minimum absolute atomic E-state index is 0.0836. The number of pyridine rings is 1. The highest BCUT2D eigenvalue weighted by molar-refractivity contribution is 7.13. The average Bonchev–Trinajstić information content (AvgIpc) is 4.21. The molecule has 4 aromatic rings. The quantitative estimate of drug-likeness (QED) is 0.117. The van der Waals surface area contributed by atoms with Crippen LogP contribution in [-0.2, 0) is 52.8 Å². The van der Waals surface area contributed by atoms with Gasteiger partial charge in [-0.1, -0.05) is 32.6 Å². The van der Waals surface area contributed by atoms with E-state index in [0.717, 1.165) is 89.2 Å². The highest BCUT2D eigenvalue weighted by Gasteiger charge is 2.48. The zero-order valence-corrected chi connectivity index (χ0v) is 47.7. The molecular weight excluding hydrogens is 971 g/mol. The normalized spacial score (nSPS) is 23.6. The predicted molar refractivity (Wildman–Crippen MR) is 290 cm³/mol. The molecule has 74 heavy (non-hydrogen) atoms. The van der Waals surface area contributed by atoms with E-state index in [1.165, 1.54) is 16.3 Å². The van der Waals surface area contributed by atoms with Crippen LogP contribution in [0.5, 0.6) is 0 Å². The van der Waals surface area contributed by atoms with E-state index in [9.17, 15) is 19.2 Å². The van der Waals surface area contributed by atoms with E-state index in [-0.39, 0.29) is 43.4 Å². The summed E-state index contributed by atoms with van der Waals surface area (Å²) in [6, 6.07) is 7.78. The van der Waals surface area contributed by atoms with Crippen molar-refractivity contribution in [3.63, 3.8) is 0 Å². The molecule has 1 aromatic carbocycles. The molecule has 0 spiro atoms. The summed E-state index contributed by atoms with van der Waals surface area (Å²) >= 11 is 1.49. The van der Waals surface area contributed by atoms with E-state index in [4.69, 9.17) is 19.4 Å². The van der Waals surface area contributed by atoms with Crippen LogP contribution in [0.2, 0.25) is 5.04 Å².